The van der Waals surface area contributed by atoms with Crippen molar-refractivity contribution in [3.63, 3.8) is 0 Å². The van der Waals surface area contributed by atoms with Crippen molar-refractivity contribution < 1.29 is 0 Å². The van der Waals surface area contributed by atoms with Crippen molar-refractivity contribution >= 4 is 5.69 Å². The first-order chi connectivity index (χ1) is 6.09. The Morgan fingerprint density at radius 2 is 1.62 bits per heavy atom. The molecule has 0 heterocycles. The van der Waals surface area contributed by atoms with E-state index in [1.54, 1.807) is 5.01 Å². The molecule has 3 nitrogen and oxygen atoms in total. The van der Waals surface area contributed by atoms with Crippen LogP contribution >= 0.6 is 0 Å². The van der Waals surface area contributed by atoms with E-state index in [4.69, 9.17) is 5.84 Å². The molecule has 13 heavy (non-hydrogen) atoms. The lowest BCUT2D eigenvalue weighted by molar-refractivity contribution is 0.402. The number of hydrogen-bond acceptors (Lipinski definition) is 3. The molecule has 0 aromatic heterocycles. The van der Waals surface area contributed by atoms with E-state index in [0.717, 1.165) is 12.2 Å². The highest BCUT2D eigenvalue weighted by Gasteiger charge is 1.97. The zero-order valence-electron chi connectivity index (χ0n) is 8.49. The normalized spacial score (nSPS) is 10.5. The molecule has 0 saturated carbocycles. The molecule has 0 amide bonds. The number of hydrazine groups is 1. The maximum absolute atomic E-state index is 5.59. The van der Waals surface area contributed by atoms with Crippen LogP contribution in [0.5, 0.6) is 0 Å². The van der Waals surface area contributed by atoms with E-state index in [-0.39, 0.29) is 0 Å². The Kier molecular flexibility index (Phi) is 3.28. The molecule has 0 atom stereocenters. The summed E-state index contributed by atoms with van der Waals surface area (Å²) in [5.74, 6) is 5.59. The minimum atomic E-state index is 0.967. The number of benzene rings is 1. The zero-order chi connectivity index (χ0) is 9.84. The summed E-state index contributed by atoms with van der Waals surface area (Å²) in [5.41, 5.74) is 2.33. The van der Waals surface area contributed by atoms with Crippen LogP contribution in [0.25, 0.3) is 0 Å². The number of anilines is 1. The van der Waals surface area contributed by atoms with Gasteiger partial charge in [0, 0.05) is 13.6 Å². The molecule has 0 spiro atoms. The molecular weight excluding hydrogens is 162 g/mol. The van der Waals surface area contributed by atoms with Crippen molar-refractivity contribution in [2.45, 2.75) is 6.54 Å². The van der Waals surface area contributed by atoms with Crippen LogP contribution in [0, 0.1) is 0 Å². The van der Waals surface area contributed by atoms with Crippen LogP contribution in [0.15, 0.2) is 24.3 Å². The molecule has 2 N–H and O–H groups in total. The summed E-state index contributed by atoms with van der Waals surface area (Å²) in [6.45, 7) is 0.967. The molecule has 1 aromatic carbocycles. The molecule has 0 aliphatic heterocycles. The Labute approximate surface area is 79.7 Å². The molecular formula is C10H17N3. The third kappa shape index (κ3) is 3.05. The fourth-order valence-corrected chi connectivity index (χ4v) is 1.20. The fraction of sp³-hybridized carbons (Fsp3) is 0.400. The predicted molar refractivity (Wildman–Crippen MR) is 56.4 cm³/mol. The Morgan fingerprint density at radius 3 is 2.00 bits per heavy atom. The van der Waals surface area contributed by atoms with Gasteiger partial charge in [-0.1, -0.05) is 12.1 Å². The van der Waals surface area contributed by atoms with E-state index in [2.05, 4.69) is 31.1 Å². The fourth-order valence-electron chi connectivity index (χ4n) is 1.20. The number of nitrogens with two attached hydrogens (primary N) is 1. The Hall–Kier alpha value is -1.06. The monoisotopic (exact) mass is 179 g/mol. The van der Waals surface area contributed by atoms with E-state index >= 15 is 0 Å². The minimum Gasteiger partial charge on any atom is -0.314 e. The zero-order valence-corrected chi connectivity index (χ0v) is 8.49. The van der Waals surface area contributed by atoms with E-state index in [0.29, 0.717) is 0 Å². The van der Waals surface area contributed by atoms with E-state index in [9.17, 15) is 0 Å². The van der Waals surface area contributed by atoms with Gasteiger partial charge in [-0.05, 0) is 31.8 Å². The van der Waals surface area contributed by atoms with Gasteiger partial charge in [0.15, 0.2) is 0 Å². The first-order valence-corrected chi connectivity index (χ1v) is 4.31. The SMILES string of the molecule is CN(C)Cc1ccc(N(C)N)cc1. The predicted octanol–water partition coefficient (Wildman–Crippen LogP) is 1.06. The first kappa shape index (κ1) is 10.0. The van der Waals surface area contributed by atoms with Gasteiger partial charge in [0.25, 0.3) is 0 Å². The summed E-state index contributed by atoms with van der Waals surface area (Å²) in [4.78, 5) is 2.14. The average Bonchev–Trinajstić information content (AvgIpc) is 2.04. The van der Waals surface area contributed by atoms with Crippen molar-refractivity contribution in [1.82, 2.24) is 4.90 Å². The molecule has 0 unspecified atom stereocenters. The summed E-state index contributed by atoms with van der Waals surface area (Å²) in [6.07, 6.45) is 0. The van der Waals surface area contributed by atoms with Gasteiger partial charge in [0.2, 0.25) is 0 Å². The highest BCUT2D eigenvalue weighted by atomic mass is 15.4. The van der Waals surface area contributed by atoms with Gasteiger partial charge < -0.3 is 9.91 Å². The standard InChI is InChI=1S/C10H17N3/c1-12(2)8-9-4-6-10(7-5-9)13(3)11/h4-7H,8,11H2,1-3H3. The van der Waals surface area contributed by atoms with Crippen LogP contribution < -0.4 is 10.9 Å². The Morgan fingerprint density at radius 1 is 1.08 bits per heavy atom. The third-order valence-electron chi connectivity index (χ3n) is 1.84. The van der Waals surface area contributed by atoms with Crippen molar-refractivity contribution in [2.75, 3.05) is 26.2 Å². The van der Waals surface area contributed by atoms with Crippen LogP contribution in [-0.4, -0.2) is 26.0 Å². The maximum atomic E-state index is 5.59. The molecule has 1 rings (SSSR count). The molecule has 0 radical (unpaired) electrons. The molecule has 3 heteroatoms. The quantitative estimate of drug-likeness (QED) is 0.556. The summed E-state index contributed by atoms with van der Waals surface area (Å²) >= 11 is 0. The average molecular weight is 179 g/mol. The minimum absolute atomic E-state index is 0.967. The summed E-state index contributed by atoms with van der Waals surface area (Å²) < 4.78 is 0. The summed E-state index contributed by atoms with van der Waals surface area (Å²) in [6, 6.07) is 8.25. The van der Waals surface area contributed by atoms with Crippen LogP contribution in [0.1, 0.15) is 5.56 Å². The summed E-state index contributed by atoms with van der Waals surface area (Å²) in [5, 5.41) is 1.61. The van der Waals surface area contributed by atoms with Crippen LogP contribution in [-0.2, 0) is 6.54 Å². The smallest absolute Gasteiger partial charge is 0.0514 e. The second-order valence-electron chi connectivity index (χ2n) is 3.52. The molecule has 0 bridgehead atoms. The van der Waals surface area contributed by atoms with Gasteiger partial charge in [0.1, 0.15) is 0 Å². The number of rotatable bonds is 3. The molecule has 0 saturated heterocycles. The first-order valence-electron chi connectivity index (χ1n) is 4.31. The second kappa shape index (κ2) is 4.25. The topological polar surface area (TPSA) is 32.5 Å². The lowest BCUT2D eigenvalue weighted by Gasteiger charge is -2.13. The van der Waals surface area contributed by atoms with Crippen molar-refractivity contribution in [3.8, 4) is 0 Å². The van der Waals surface area contributed by atoms with Gasteiger partial charge in [-0.3, -0.25) is 0 Å². The second-order valence-corrected chi connectivity index (χ2v) is 3.52. The van der Waals surface area contributed by atoms with Gasteiger partial charge in [-0.2, -0.15) is 0 Å². The molecule has 0 fully saturated rings. The van der Waals surface area contributed by atoms with Crippen LogP contribution in [0.4, 0.5) is 5.69 Å². The van der Waals surface area contributed by atoms with E-state index in [1.165, 1.54) is 5.56 Å². The third-order valence-corrected chi connectivity index (χ3v) is 1.84. The van der Waals surface area contributed by atoms with Crippen molar-refractivity contribution in [2.24, 2.45) is 5.84 Å². The van der Waals surface area contributed by atoms with Crippen LogP contribution in [0.2, 0.25) is 0 Å². The molecule has 1 aromatic rings. The van der Waals surface area contributed by atoms with E-state index < -0.39 is 0 Å². The van der Waals surface area contributed by atoms with Crippen molar-refractivity contribution in [1.29, 1.82) is 0 Å². The maximum Gasteiger partial charge on any atom is 0.0514 e. The lowest BCUT2D eigenvalue weighted by Crippen LogP contribution is -2.24. The lowest BCUT2D eigenvalue weighted by atomic mass is 10.2. The molecule has 0 aliphatic rings. The highest BCUT2D eigenvalue weighted by molar-refractivity contribution is 5.45. The molecule has 0 aliphatic carbocycles. The highest BCUT2D eigenvalue weighted by Crippen LogP contribution is 2.11. The Balaban J connectivity index is 2.70. The Bertz CT molecular complexity index is 251. The van der Waals surface area contributed by atoms with Crippen LogP contribution in [0.3, 0.4) is 0 Å². The van der Waals surface area contributed by atoms with Crippen molar-refractivity contribution in [3.05, 3.63) is 29.8 Å². The largest absolute Gasteiger partial charge is 0.314 e. The van der Waals surface area contributed by atoms with E-state index in [1.807, 2.05) is 19.2 Å². The number of hydrogen-bond donors (Lipinski definition) is 1. The van der Waals surface area contributed by atoms with Gasteiger partial charge in [0.05, 0.1) is 5.69 Å². The van der Waals surface area contributed by atoms with Gasteiger partial charge >= 0.3 is 0 Å². The molecule has 72 valence electrons. The summed E-state index contributed by atoms with van der Waals surface area (Å²) in [7, 11) is 5.95. The number of nitrogens with zero attached hydrogens (tertiary/aromatic N) is 2. The van der Waals surface area contributed by atoms with Gasteiger partial charge in [-0.25, -0.2) is 5.84 Å². The van der Waals surface area contributed by atoms with Gasteiger partial charge in [-0.15, -0.1) is 0 Å².